The maximum absolute atomic E-state index is 12.4. The molecule has 100 valence electrons. The number of ketones is 1. The molecule has 1 aromatic carbocycles. The molecular weight excluding hydrogens is 304 g/mol. The van der Waals surface area contributed by atoms with Crippen LogP contribution < -0.4 is 5.43 Å². The number of nitrogens with one attached hydrogen (secondary N) is 1. The number of carbonyl (C=O) groups excluding carboxylic acids is 1. The van der Waals surface area contributed by atoms with Gasteiger partial charge in [0, 0.05) is 10.9 Å². The molecule has 0 bridgehead atoms. The Hall–Kier alpha value is -1.16. The highest BCUT2D eigenvalue weighted by molar-refractivity contribution is 9.10. The van der Waals surface area contributed by atoms with Crippen LogP contribution >= 0.6 is 15.9 Å². The van der Waals surface area contributed by atoms with Crippen LogP contribution in [0, 0.1) is 11.3 Å². The van der Waals surface area contributed by atoms with Crippen molar-refractivity contribution in [3.05, 3.63) is 34.3 Å². The summed E-state index contributed by atoms with van der Waals surface area (Å²) >= 11 is 3.43. The van der Waals surface area contributed by atoms with Gasteiger partial charge in [-0.1, -0.05) is 41.9 Å². The van der Waals surface area contributed by atoms with Crippen LogP contribution in [0.15, 0.2) is 33.8 Å². The molecule has 4 heteroatoms. The lowest BCUT2D eigenvalue weighted by atomic mass is 9.68. The Bertz CT molecular complexity index is 548. The molecule has 1 aromatic rings. The van der Waals surface area contributed by atoms with Crippen molar-refractivity contribution >= 4 is 27.4 Å². The normalized spacial score (nSPS) is 28.6. The molecule has 1 heterocycles. The van der Waals surface area contributed by atoms with E-state index in [1.54, 1.807) is 0 Å². The summed E-state index contributed by atoms with van der Waals surface area (Å²) in [6.45, 7) is 4.31. The molecule has 1 aliphatic carbocycles. The highest BCUT2D eigenvalue weighted by Crippen LogP contribution is 2.39. The standard InChI is InChI=1S/C15H17BrN2O/c1-15(2)7-11-13(12(19)8-15)14(18-17-11)9-3-5-10(16)6-4-9/h3-6,11,13,17H,7-8H2,1-2H3/t11-,13-/m1/s1. The molecule has 0 spiro atoms. The highest BCUT2D eigenvalue weighted by atomic mass is 79.9. The molecule has 2 atom stereocenters. The van der Waals surface area contributed by atoms with Crippen molar-refractivity contribution in [2.45, 2.75) is 32.7 Å². The van der Waals surface area contributed by atoms with Crippen LogP contribution in [0.2, 0.25) is 0 Å². The minimum atomic E-state index is -0.0748. The minimum Gasteiger partial charge on any atom is -0.306 e. The number of nitrogens with zero attached hydrogens (tertiary/aromatic N) is 1. The van der Waals surface area contributed by atoms with Crippen molar-refractivity contribution < 1.29 is 4.79 Å². The molecule has 0 amide bonds. The largest absolute Gasteiger partial charge is 0.306 e. The van der Waals surface area contributed by atoms with E-state index in [2.05, 4.69) is 40.3 Å². The van der Waals surface area contributed by atoms with Gasteiger partial charge < -0.3 is 5.43 Å². The lowest BCUT2D eigenvalue weighted by Crippen LogP contribution is -2.45. The summed E-state index contributed by atoms with van der Waals surface area (Å²) < 4.78 is 1.04. The number of hydrogen-bond acceptors (Lipinski definition) is 3. The lowest BCUT2D eigenvalue weighted by molar-refractivity contribution is -0.126. The molecule has 19 heavy (non-hydrogen) atoms. The van der Waals surface area contributed by atoms with E-state index in [0.717, 1.165) is 22.2 Å². The van der Waals surface area contributed by atoms with Gasteiger partial charge in [-0.25, -0.2) is 0 Å². The van der Waals surface area contributed by atoms with Gasteiger partial charge in [0.15, 0.2) is 0 Å². The molecule has 1 saturated carbocycles. The zero-order valence-corrected chi connectivity index (χ0v) is 12.7. The van der Waals surface area contributed by atoms with Gasteiger partial charge in [-0.3, -0.25) is 4.79 Å². The monoisotopic (exact) mass is 320 g/mol. The van der Waals surface area contributed by atoms with E-state index in [1.165, 1.54) is 0 Å². The zero-order chi connectivity index (χ0) is 13.6. The Kier molecular flexibility index (Phi) is 3.01. The molecule has 0 unspecified atom stereocenters. The van der Waals surface area contributed by atoms with Crippen molar-refractivity contribution in [3.63, 3.8) is 0 Å². The average Bonchev–Trinajstić information content (AvgIpc) is 2.72. The van der Waals surface area contributed by atoms with Crippen molar-refractivity contribution in [2.75, 3.05) is 0 Å². The second-order valence-electron chi connectivity index (χ2n) is 6.23. The molecule has 2 aliphatic rings. The number of halogens is 1. The third-order valence-corrected chi connectivity index (χ3v) is 4.49. The summed E-state index contributed by atoms with van der Waals surface area (Å²) in [6.07, 6.45) is 1.64. The Balaban J connectivity index is 1.90. The molecule has 0 radical (unpaired) electrons. The van der Waals surface area contributed by atoms with Crippen molar-refractivity contribution in [1.29, 1.82) is 0 Å². The van der Waals surface area contributed by atoms with Crippen LogP contribution in [-0.4, -0.2) is 17.5 Å². The predicted molar refractivity (Wildman–Crippen MR) is 79.1 cm³/mol. The first kappa shape index (κ1) is 12.9. The first-order valence-electron chi connectivity index (χ1n) is 6.58. The smallest absolute Gasteiger partial charge is 0.144 e. The van der Waals surface area contributed by atoms with Gasteiger partial charge in [0.05, 0.1) is 17.7 Å². The van der Waals surface area contributed by atoms with E-state index in [-0.39, 0.29) is 17.4 Å². The van der Waals surface area contributed by atoms with Crippen molar-refractivity contribution in [3.8, 4) is 0 Å². The molecule has 3 rings (SSSR count). The predicted octanol–water partition coefficient (Wildman–Crippen LogP) is 3.13. The van der Waals surface area contributed by atoms with E-state index < -0.39 is 0 Å². The molecule has 1 N–H and O–H groups in total. The van der Waals surface area contributed by atoms with Gasteiger partial charge in [-0.15, -0.1) is 0 Å². The quantitative estimate of drug-likeness (QED) is 0.863. The number of Topliss-reactive ketones (excluding diaryl/α,β-unsaturated/α-hetero) is 1. The second-order valence-corrected chi connectivity index (χ2v) is 7.14. The van der Waals surface area contributed by atoms with Crippen LogP contribution in [0.1, 0.15) is 32.3 Å². The summed E-state index contributed by atoms with van der Waals surface area (Å²) in [5.74, 6) is 0.238. The third-order valence-electron chi connectivity index (χ3n) is 3.96. The van der Waals surface area contributed by atoms with Crippen LogP contribution in [0.5, 0.6) is 0 Å². The molecular formula is C15H17BrN2O. The SMILES string of the molecule is CC1(C)CC(=O)[C@@H]2C(c3ccc(Br)cc3)=NN[C@@H]2C1. The maximum atomic E-state index is 12.4. The van der Waals surface area contributed by atoms with Crippen LogP contribution in [0.3, 0.4) is 0 Å². The Morgan fingerprint density at radius 1 is 1.32 bits per heavy atom. The third kappa shape index (κ3) is 2.34. The minimum absolute atomic E-state index is 0.0748. The first-order chi connectivity index (χ1) is 8.96. The summed E-state index contributed by atoms with van der Waals surface area (Å²) in [7, 11) is 0. The topological polar surface area (TPSA) is 41.5 Å². The van der Waals surface area contributed by atoms with Crippen LogP contribution in [0.4, 0.5) is 0 Å². The number of rotatable bonds is 1. The van der Waals surface area contributed by atoms with Gasteiger partial charge in [-0.2, -0.15) is 5.10 Å². The van der Waals surface area contributed by atoms with Gasteiger partial charge in [0.25, 0.3) is 0 Å². The molecule has 3 nitrogen and oxygen atoms in total. The van der Waals surface area contributed by atoms with E-state index in [1.807, 2.05) is 24.3 Å². The fourth-order valence-electron chi connectivity index (χ4n) is 3.14. The Morgan fingerprint density at radius 2 is 2.00 bits per heavy atom. The molecule has 1 fully saturated rings. The Morgan fingerprint density at radius 3 is 2.68 bits per heavy atom. The number of hydrogen-bond donors (Lipinski definition) is 1. The average molecular weight is 321 g/mol. The number of fused-ring (bicyclic) bond motifs is 1. The number of carbonyl (C=O) groups is 1. The fraction of sp³-hybridized carbons (Fsp3) is 0.467. The van der Waals surface area contributed by atoms with E-state index in [0.29, 0.717) is 12.2 Å². The van der Waals surface area contributed by atoms with E-state index >= 15 is 0 Å². The summed E-state index contributed by atoms with van der Waals surface area (Å²) in [5, 5.41) is 4.43. The van der Waals surface area contributed by atoms with Crippen LogP contribution in [0.25, 0.3) is 0 Å². The summed E-state index contributed by atoms with van der Waals surface area (Å²) in [4.78, 5) is 12.4. The van der Waals surface area contributed by atoms with E-state index in [9.17, 15) is 4.79 Å². The van der Waals surface area contributed by atoms with Gasteiger partial charge in [0.1, 0.15) is 5.78 Å². The molecule has 0 aromatic heterocycles. The van der Waals surface area contributed by atoms with Gasteiger partial charge in [0.2, 0.25) is 0 Å². The van der Waals surface area contributed by atoms with E-state index in [4.69, 9.17) is 0 Å². The van der Waals surface area contributed by atoms with Crippen LogP contribution in [-0.2, 0) is 4.79 Å². The van der Waals surface area contributed by atoms with Gasteiger partial charge in [-0.05, 0) is 29.5 Å². The maximum Gasteiger partial charge on any atom is 0.144 e. The molecule has 1 aliphatic heterocycles. The highest BCUT2D eigenvalue weighted by Gasteiger charge is 2.46. The summed E-state index contributed by atoms with van der Waals surface area (Å²) in [5.41, 5.74) is 5.18. The fourth-order valence-corrected chi connectivity index (χ4v) is 3.41. The number of hydrazone groups is 1. The first-order valence-corrected chi connectivity index (χ1v) is 7.37. The molecule has 0 saturated heterocycles. The zero-order valence-electron chi connectivity index (χ0n) is 11.1. The summed E-state index contributed by atoms with van der Waals surface area (Å²) in [6, 6.07) is 8.17. The van der Waals surface area contributed by atoms with Crippen molar-refractivity contribution in [2.24, 2.45) is 16.4 Å². The second kappa shape index (κ2) is 4.44. The Labute approximate surface area is 121 Å². The lowest BCUT2D eigenvalue weighted by Gasteiger charge is -2.36. The number of benzene rings is 1. The van der Waals surface area contributed by atoms with Gasteiger partial charge >= 0.3 is 0 Å². The van der Waals surface area contributed by atoms with Crippen molar-refractivity contribution in [1.82, 2.24) is 5.43 Å².